The number of ketones is 1. The van der Waals surface area contributed by atoms with Crippen LogP contribution in [-0.2, 0) is 12.6 Å². The van der Waals surface area contributed by atoms with Crippen molar-refractivity contribution >= 4 is 35.4 Å². The molecule has 21 heavy (non-hydrogen) atoms. The van der Waals surface area contributed by atoms with Gasteiger partial charge in [0.15, 0.2) is 18.2 Å². The molecule has 0 aliphatic carbocycles. The lowest BCUT2D eigenvalue weighted by Gasteiger charge is -2.02. The minimum Gasteiger partial charge on any atom is -0.421 e. The van der Waals surface area contributed by atoms with Gasteiger partial charge in [0.25, 0.3) is 0 Å². The van der Waals surface area contributed by atoms with Crippen LogP contribution in [0.25, 0.3) is 5.69 Å². The van der Waals surface area contributed by atoms with Crippen LogP contribution in [0, 0.1) is 0 Å². The fourth-order valence-electron chi connectivity index (χ4n) is 2.10. The number of aromatic nitrogens is 1. The molecule has 0 radical (unpaired) electrons. The van der Waals surface area contributed by atoms with Gasteiger partial charge in [-0.15, -0.1) is 0 Å². The van der Waals surface area contributed by atoms with E-state index in [1.807, 2.05) is 53.4 Å². The average molecular weight is 312 g/mol. The van der Waals surface area contributed by atoms with Crippen LogP contribution in [0.4, 0.5) is 5.69 Å². The Morgan fingerprint density at radius 1 is 1.05 bits per heavy atom. The summed E-state index contributed by atoms with van der Waals surface area (Å²) in [5, 5.41) is 0. The molecule has 0 saturated heterocycles. The van der Waals surface area contributed by atoms with Crippen LogP contribution < -0.4 is 10.3 Å². The van der Waals surface area contributed by atoms with Crippen molar-refractivity contribution in [1.29, 1.82) is 0 Å². The van der Waals surface area contributed by atoms with Crippen molar-refractivity contribution in [1.82, 2.24) is 0 Å². The summed E-state index contributed by atoms with van der Waals surface area (Å²) in [6.07, 6.45) is 3.73. The molecule has 0 bridgehead atoms. The molecule has 104 valence electrons. The highest BCUT2D eigenvalue weighted by Gasteiger charge is 2.20. The lowest BCUT2D eigenvalue weighted by molar-refractivity contribution is -0.596. The normalized spacial score (nSPS) is 10.5. The van der Waals surface area contributed by atoms with E-state index in [4.69, 9.17) is 18.4 Å². The molecule has 1 aromatic carbocycles. The Labute approximate surface area is 132 Å². The van der Waals surface area contributed by atoms with E-state index in [2.05, 4.69) is 0 Å². The third-order valence-corrected chi connectivity index (χ3v) is 4.54. The Kier molecular flexibility index (Phi) is 3.68. The van der Waals surface area contributed by atoms with Gasteiger partial charge < -0.3 is 29.7 Å². The van der Waals surface area contributed by atoms with E-state index < -0.39 is 0 Å². The minimum absolute atomic E-state index is 0.0908. The number of carbonyl (C=O) groups is 1. The maximum atomic E-state index is 12.5. The number of hydrogen-bond acceptors (Lipinski definition) is 4. The second kappa shape index (κ2) is 5.63. The minimum atomic E-state index is -0.0908. The fourth-order valence-corrected chi connectivity index (χ4v) is 3.48. The standard InChI is InChI=1S/C16H12N2OS2/c17-12-13(18-9-5-2-6-10-18)16(20)21-15(12)14(19)11-7-3-1-4-8-11/h1-10H,(H2-,17,19,20). The van der Waals surface area contributed by atoms with Crippen LogP contribution in [0.3, 0.4) is 0 Å². The summed E-state index contributed by atoms with van der Waals surface area (Å²) >= 11 is 6.64. The highest BCUT2D eigenvalue weighted by atomic mass is 32.2. The second-order valence-electron chi connectivity index (χ2n) is 4.46. The van der Waals surface area contributed by atoms with Gasteiger partial charge in [-0.3, -0.25) is 4.79 Å². The number of anilines is 1. The molecule has 0 aliphatic heterocycles. The Balaban J connectivity index is 2.09. The van der Waals surface area contributed by atoms with Gasteiger partial charge in [0.2, 0.25) is 5.69 Å². The maximum absolute atomic E-state index is 12.5. The van der Waals surface area contributed by atoms with E-state index in [-0.39, 0.29) is 5.78 Å². The van der Waals surface area contributed by atoms with Crippen molar-refractivity contribution in [2.24, 2.45) is 0 Å². The Bertz CT molecular complexity index is 783. The van der Waals surface area contributed by atoms with Crippen LogP contribution in [0.1, 0.15) is 15.2 Å². The van der Waals surface area contributed by atoms with Crippen molar-refractivity contribution in [3.05, 3.63) is 71.4 Å². The van der Waals surface area contributed by atoms with Crippen molar-refractivity contribution in [3.63, 3.8) is 0 Å². The van der Waals surface area contributed by atoms with Crippen LogP contribution >= 0.6 is 11.3 Å². The zero-order valence-electron chi connectivity index (χ0n) is 11.0. The number of pyridine rings is 1. The number of thiophene rings is 1. The number of benzene rings is 1. The monoisotopic (exact) mass is 312 g/mol. The molecule has 0 unspecified atom stereocenters. The van der Waals surface area contributed by atoms with Gasteiger partial charge in [-0.1, -0.05) is 36.4 Å². The summed E-state index contributed by atoms with van der Waals surface area (Å²) in [7, 11) is 0. The van der Waals surface area contributed by atoms with Crippen LogP contribution in [0.2, 0.25) is 0 Å². The quantitative estimate of drug-likeness (QED) is 0.459. The number of nitrogens with two attached hydrogens (primary N) is 1. The summed E-state index contributed by atoms with van der Waals surface area (Å²) in [5.74, 6) is -0.0908. The van der Waals surface area contributed by atoms with Gasteiger partial charge >= 0.3 is 0 Å². The first-order valence-electron chi connectivity index (χ1n) is 6.34. The molecule has 0 aliphatic rings. The third kappa shape index (κ3) is 2.53. The fraction of sp³-hybridized carbons (Fsp3) is 0. The molecule has 0 spiro atoms. The van der Waals surface area contributed by atoms with E-state index in [9.17, 15) is 4.79 Å². The predicted octanol–water partition coefficient (Wildman–Crippen LogP) is 2.74. The molecule has 2 heterocycles. The zero-order valence-corrected chi connectivity index (χ0v) is 12.7. The van der Waals surface area contributed by atoms with Crippen LogP contribution in [-0.4, -0.2) is 5.78 Å². The third-order valence-electron chi connectivity index (χ3n) is 3.10. The SMILES string of the molecule is Nc1c(C(=O)c2ccccc2)sc([S-])c1-[n+]1ccccc1. The van der Waals surface area contributed by atoms with Gasteiger partial charge in [-0.25, -0.2) is 0 Å². The van der Waals surface area contributed by atoms with Crippen LogP contribution in [0.5, 0.6) is 0 Å². The molecule has 0 saturated carbocycles. The molecule has 0 amide bonds. The van der Waals surface area contributed by atoms with Crippen molar-refractivity contribution in [3.8, 4) is 5.69 Å². The maximum Gasteiger partial charge on any atom is 0.222 e. The van der Waals surface area contributed by atoms with Crippen LogP contribution in [0.15, 0.2) is 65.1 Å². The average Bonchev–Trinajstić information content (AvgIpc) is 2.83. The Morgan fingerprint density at radius 3 is 2.33 bits per heavy atom. The number of carbonyl (C=O) groups excluding carboxylic acids is 1. The lowest BCUT2D eigenvalue weighted by Crippen LogP contribution is -2.30. The van der Waals surface area contributed by atoms with Gasteiger partial charge in [-0.05, 0) is 4.21 Å². The summed E-state index contributed by atoms with van der Waals surface area (Å²) < 4.78 is 2.46. The van der Waals surface area contributed by atoms with E-state index in [1.165, 1.54) is 11.3 Å². The van der Waals surface area contributed by atoms with Gasteiger partial charge in [0, 0.05) is 22.6 Å². The lowest BCUT2D eigenvalue weighted by atomic mass is 10.1. The van der Waals surface area contributed by atoms with Gasteiger partial charge in [-0.2, -0.15) is 4.57 Å². The van der Waals surface area contributed by atoms with Gasteiger partial charge in [0.1, 0.15) is 5.69 Å². The molecule has 0 fully saturated rings. The molecular formula is C16H12N2OS2. The first kappa shape index (κ1) is 13.7. The van der Waals surface area contributed by atoms with Crippen molar-refractivity contribution in [2.45, 2.75) is 4.21 Å². The summed E-state index contributed by atoms with van der Waals surface area (Å²) in [5.41, 5.74) is 7.94. The second-order valence-corrected chi connectivity index (χ2v) is 6.15. The van der Waals surface area contributed by atoms with E-state index >= 15 is 0 Å². The van der Waals surface area contributed by atoms with Gasteiger partial charge in [0.05, 0.1) is 0 Å². The number of nitrogen functional groups attached to an aromatic ring is 1. The van der Waals surface area contributed by atoms with E-state index in [0.717, 1.165) is 0 Å². The highest BCUT2D eigenvalue weighted by Crippen LogP contribution is 2.32. The van der Waals surface area contributed by atoms with Crippen molar-refractivity contribution in [2.75, 3.05) is 5.73 Å². The first-order chi connectivity index (χ1) is 10.2. The Morgan fingerprint density at radius 2 is 1.67 bits per heavy atom. The van der Waals surface area contributed by atoms with E-state index in [0.29, 0.717) is 26.0 Å². The number of nitrogens with zero attached hydrogens (tertiary/aromatic N) is 1. The smallest absolute Gasteiger partial charge is 0.222 e. The highest BCUT2D eigenvalue weighted by molar-refractivity contribution is 7.63. The molecule has 5 heteroatoms. The molecule has 3 rings (SSSR count). The van der Waals surface area contributed by atoms with Crippen molar-refractivity contribution < 1.29 is 9.36 Å². The molecule has 2 aromatic heterocycles. The number of hydrogen-bond donors (Lipinski definition) is 1. The molecule has 2 N–H and O–H groups in total. The Hall–Kier alpha value is -2.24. The predicted molar refractivity (Wildman–Crippen MR) is 85.8 cm³/mol. The summed E-state index contributed by atoms with van der Waals surface area (Å²) in [6, 6.07) is 14.8. The molecule has 3 aromatic rings. The van der Waals surface area contributed by atoms with E-state index in [1.54, 1.807) is 12.1 Å². The molecule has 3 nitrogen and oxygen atoms in total. The first-order valence-corrected chi connectivity index (χ1v) is 7.56. The zero-order chi connectivity index (χ0) is 14.8. The summed E-state index contributed by atoms with van der Waals surface area (Å²) in [4.78, 5) is 13.0. The number of rotatable bonds is 3. The largest absolute Gasteiger partial charge is 0.421 e. The molecular weight excluding hydrogens is 300 g/mol. The summed E-state index contributed by atoms with van der Waals surface area (Å²) in [6.45, 7) is 0. The topological polar surface area (TPSA) is 47.0 Å². The molecule has 0 atom stereocenters.